The van der Waals surface area contributed by atoms with E-state index in [-0.39, 0.29) is 0 Å². The highest BCUT2D eigenvalue weighted by molar-refractivity contribution is 5.28. The summed E-state index contributed by atoms with van der Waals surface area (Å²) in [4.78, 5) is 0. The van der Waals surface area contributed by atoms with Gasteiger partial charge in [0.05, 0.1) is 0 Å². The molecule has 29 heavy (non-hydrogen) atoms. The molecular weight excluding hydrogens is 352 g/mol. The maximum Gasteiger partial charge on any atom is 0.119 e. The lowest BCUT2D eigenvalue weighted by Gasteiger charge is -2.08. The second kappa shape index (κ2) is 12.1. The van der Waals surface area contributed by atoms with Crippen LogP contribution >= 0.6 is 0 Å². The summed E-state index contributed by atoms with van der Waals surface area (Å²) in [5, 5.41) is 0. The number of hydrogen-bond donors (Lipinski definition) is 0. The second-order valence-electron chi connectivity index (χ2n) is 8.03. The fourth-order valence-electron chi connectivity index (χ4n) is 3.61. The highest BCUT2D eigenvalue weighted by Crippen LogP contribution is 2.17. The molecule has 3 aromatic carbocycles. The average molecular weight is 387 g/mol. The third-order valence-electron chi connectivity index (χ3n) is 5.47. The molecule has 0 saturated carbocycles. The van der Waals surface area contributed by atoms with Gasteiger partial charge in [0, 0.05) is 0 Å². The van der Waals surface area contributed by atoms with Gasteiger partial charge in [-0.1, -0.05) is 98.0 Å². The van der Waals surface area contributed by atoms with Crippen molar-refractivity contribution in [3.63, 3.8) is 0 Å². The zero-order valence-electron chi connectivity index (χ0n) is 17.8. The van der Waals surface area contributed by atoms with E-state index in [1.807, 2.05) is 0 Å². The normalized spacial score (nSPS) is 10.8. The summed E-state index contributed by atoms with van der Waals surface area (Å²) in [6.07, 6.45) is 10.4. The number of unbranched alkanes of at least 4 members (excludes halogenated alkanes) is 5. The van der Waals surface area contributed by atoms with Crippen molar-refractivity contribution in [2.75, 3.05) is 0 Å². The standard InChI is InChI=1S/C28H34O/c1-24-15-17-27(18-16-24)23-29-28-21-19-26(20-22-28)14-8-5-3-2-4-7-11-25-12-9-6-10-13-25/h6,9-10,12-13,15-22H,2-5,7-8,11,14,23H2,1H3. The molecule has 3 rings (SSSR count). The van der Waals surface area contributed by atoms with Crippen LogP contribution in [0.1, 0.15) is 60.8 Å². The highest BCUT2D eigenvalue weighted by atomic mass is 16.5. The quantitative estimate of drug-likeness (QED) is 0.290. The Labute approximate surface area is 176 Å². The molecule has 0 saturated heterocycles. The minimum absolute atomic E-state index is 0.629. The van der Waals surface area contributed by atoms with Crippen LogP contribution in [-0.2, 0) is 19.4 Å². The molecule has 0 unspecified atom stereocenters. The van der Waals surface area contributed by atoms with Crippen molar-refractivity contribution in [3.05, 3.63) is 101 Å². The fourth-order valence-corrected chi connectivity index (χ4v) is 3.61. The van der Waals surface area contributed by atoms with Crippen LogP contribution in [0.15, 0.2) is 78.9 Å². The number of aryl methyl sites for hydroxylation is 3. The summed E-state index contributed by atoms with van der Waals surface area (Å²) in [6.45, 7) is 2.74. The predicted molar refractivity (Wildman–Crippen MR) is 124 cm³/mol. The van der Waals surface area contributed by atoms with Crippen LogP contribution in [0.3, 0.4) is 0 Å². The summed E-state index contributed by atoms with van der Waals surface area (Å²) in [5.41, 5.74) is 5.38. The number of hydrogen-bond acceptors (Lipinski definition) is 1. The van der Waals surface area contributed by atoms with Gasteiger partial charge in [0.25, 0.3) is 0 Å². The van der Waals surface area contributed by atoms with Crippen LogP contribution in [0.25, 0.3) is 0 Å². The molecule has 0 heterocycles. The molecule has 3 aromatic rings. The zero-order chi connectivity index (χ0) is 20.2. The molecule has 0 aromatic heterocycles. The van der Waals surface area contributed by atoms with Gasteiger partial charge in [0.1, 0.15) is 12.4 Å². The Kier molecular flexibility index (Phi) is 8.85. The first-order chi connectivity index (χ1) is 14.3. The lowest BCUT2D eigenvalue weighted by Crippen LogP contribution is -1.95. The smallest absolute Gasteiger partial charge is 0.119 e. The van der Waals surface area contributed by atoms with Gasteiger partial charge in [-0.2, -0.15) is 0 Å². The Bertz CT molecular complexity index is 803. The van der Waals surface area contributed by atoms with E-state index in [4.69, 9.17) is 4.74 Å². The van der Waals surface area contributed by atoms with Crippen LogP contribution in [0.4, 0.5) is 0 Å². The summed E-state index contributed by atoms with van der Waals surface area (Å²) < 4.78 is 5.90. The van der Waals surface area contributed by atoms with Gasteiger partial charge < -0.3 is 4.74 Å². The monoisotopic (exact) mass is 386 g/mol. The van der Waals surface area contributed by atoms with Gasteiger partial charge in [-0.3, -0.25) is 0 Å². The van der Waals surface area contributed by atoms with Crippen LogP contribution in [0.5, 0.6) is 5.75 Å². The van der Waals surface area contributed by atoms with Crippen molar-refractivity contribution in [3.8, 4) is 5.75 Å². The van der Waals surface area contributed by atoms with Crippen LogP contribution in [0.2, 0.25) is 0 Å². The van der Waals surface area contributed by atoms with Crippen molar-refractivity contribution in [1.82, 2.24) is 0 Å². The Morgan fingerprint density at radius 3 is 1.66 bits per heavy atom. The second-order valence-corrected chi connectivity index (χ2v) is 8.03. The first-order valence-electron chi connectivity index (χ1n) is 11.1. The minimum Gasteiger partial charge on any atom is -0.489 e. The van der Waals surface area contributed by atoms with Crippen LogP contribution in [0, 0.1) is 6.92 Å². The highest BCUT2D eigenvalue weighted by Gasteiger charge is 1.99. The van der Waals surface area contributed by atoms with E-state index in [1.54, 1.807) is 0 Å². The maximum atomic E-state index is 5.90. The van der Waals surface area contributed by atoms with Gasteiger partial charge in [0.2, 0.25) is 0 Å². The van der Waals surface area contributed by atoms with E-state index in [2.05, 4.69) is 85.8 Å². The summed E-state index contributed by atoms with van der Waals surface area (Å²) in [7, 11) is 0. The van der Waals surface area contributed by atoms with Crippen molar-refractivity contribution < 1.29 is 4.74 Å². The first kappa shape index (κ1) is 21.2. The van der Waals surface area contributed by atoms with Crippen molar-refractivity contribution in [2.24, 2.45) is 0 Å². The third kappa shape index (κ3) is 8.15. The van der Waals surface area contributed by atoms with Gasteiger partial charge in [0.15, 0.2) is 0 Å². The largest absolute Gasteiger partial charge is 0.489 e. The summed E-state index contributed by atoms with van der Waals surface area (Å²) in [6, 6.07) is 28.0. The Hall–Kier alpha value is -2.54. The maximum absolute atomic E-state index is 5.90. The topological polar surface area (TPSA) is 9.23 Å². The third-order valence-corrected chi connectivity index (χ3v) is 5.47. The predicted octanol–water partition coefficient (Wildman–Crippen LogP) is 7.70. The molecule has 1 heteroatoms. The number of ether oxygens (including phenoxy) is 1. The number of benzene rings is 3. The SMILES string of the molecule is Cc1ccc(COc2ccc(CCCCCCCCc3ccccc3)cc2)cc1. The molecule has 0 N–H and O–H groups in total. The molecule has 0 atom stereocenters. The van der Waals surface area contributed by atoms with Gasteiger partial charge >= 0.3 is 0 Å². The molecule has 0 aliphatic carbocycles. The van der Waals surface area contributed by atoms with E-state index in [0.29, 0.717) is 6.61 Å². The average Bonchev–Trinajstić information content (AvgIpc) is 2.77. The van der Waals surface area contributed by atoms with E-state index in [0.717, 1.165) is 5.75 Å². The Morgan fingerprint density at radius 2 is 1.03 bits per heavy atom. The number of rotatable bonds is 12. The van der Waals surface area contributed by atoms with Gasteiger partial charge in [-0.15, -0.1) is 0 Å². The van der Waals surface area contributed by atoms with E-state index < -0.39 is 0 Å². The van der Waals surface area contributed by atoms with Crippen molar-refractivity contribution >= 4 is 0 Å². The molecule has 0 radical (unpaired) electrons. The summed E-state index contributed by atoms with van der Waals surface area (Å²) in [5.74, 6) is 0.952. The molecule has 0 aliphatic heterocycles. The van der Waals surface area contributed by atoms with Crippen LogP contribution < -0.4 is 4.74 Å². The minimum atomic E-state index is 0.629. The Balaban J connectivity index is 1.24. The van der Waals surface area contributed by atoms with Crippen LogP contribution in [-0.4, -0.2) is 0 Å². The molecule has 0 bridgehead atoms. The van der Waals surface area contributed by atoms with E-state index in [9.17, 15) is 0 Å². The molecule has 152 valence electrons. The van der Waals surface area contributed by atoms with Crippen molar-refractivity contribution in [1.29, 1.82) is 0 Å². The lowest BCUT2D eigenvalue weighted by atomic mass is 10.0. The summed E-state index contributed by atoms with van der Waals surface area (Å²) >= 11 is 0. The van der Waals surface area contributed by atoms with E-state index >= 15 is 0 Å². The molecular formula is C28H34O. The molecule has 0 aliphatic rings. The molecule has 0 fully saturated rings. The molecule has 0 amide bonds. The zero-order valence-corrected chi connectivity index (χ0v) is 17.8. The fraction of sp³-hybridized carbons (Fsp3) is 0.357. The molecule has 1 nitrogen and oxygen atoms in total. The van der Waals surface area contributed by atoms with Gasteiger partial charge in [-0.05, 0) is 61.4 Å². The molecule has 0 spiro atoms. The van der Waals surface area contributed by atoms with Gasteiger partial charge in [-0.25, -0.2) is 0 Å². The lowest BCUT2D eigenvalue weighted by molar-refractivity contribution is 0.306. The Morgan fingerprint density at radius 1 is 0.517 bits per heavy atom. The van der Waals surface area contributed by atoms with E-state index in [1.165, 1.54) is 73.6 Å². The van der Waals surface area contributed by atoms with Crippen molar-refractivity contribution in [2.45, 2.75) is 64.9 Å². The first-order valence-corrected chi connectivity index (χ1v) is 11.1.